The van der Waals surface area contributed by atoms with E-state index in [0.717, 1.165) is 61.8 Å². The van der Waals surface area contributed by atoms with Crippen molar-refractivity contribution >= 4 is 22.8 Å². The van der Waals surface area contributed by atoms with Crippen molar-refractivity contribution in [3.8, 4) is 0 Å². The third-order valence-electron chi connectivity index (χ3n) is 5.73. The molecular weight excluding hydrogens is 421 g/mol. The fourth-order valence-corrected chi connectivity index (χ4v) is 3.79. The number of aromatic nitrogens is 3. The summed E-state index contributed by atoms with van der Waals surface area (Å²) in [5.41, 5.74) is 2.24. The number of para-hydroxylation sites is 2. The number of benzene rings is 1. The highest BCUT2D eigenvalue weighted by molar-refractivity contribution is 5.85. The molecule has 7 nitrogen and oxygen atoms in total. The first-order chi connectivity index (χ1) is 16.1. The van der Waals surface area contributed by atoms with E-state index in [9.17, 15) is 14.0 Å². The maximum Gasteiger partial charge on any atom is 0.239 e. The Bertz CT molecular complexity index is 1020. The number of nitrogens with zero attached hydrogens (tertiary/aromatic N) is 2. The second kappa shape index (κ2) is 12.7. The molecule has 0 aliphatic rings. The summed E-state index contributed by atoms with van der Waals surface area (Å²) in [7, 11) is 0. The molecule has 0 bridgehead atoms. The predicted octanol–water partition coefficient (Wildman–Crippen LogP) is 4.05. The Morgan fingerprint density at radius 1 is 1.06 bits per heavy atom. The van der Waals surface area contributed by atoms with Gasteiger partial charge < -0.3 is 15.6 Å². The molecule has 33 heavy (non-hydrogen) atoms. The van der Waals surface area contributed by atoms with Crippen LogP contribution in [0, 0.1) is 11.7 Å². The summed E-state index contributed by atoms with van der Waals surface area (Å²) >= 11 is 0. The highest BCUT2D eigenvalue weighted by Crippen LogP contribution is 2.16. The summed E-state index contributed by atoms with van der Waals surface area (Å²) in [5.74, 6) is -0.0364. The average molecular weight is 454 g/mol. The largest absolute Gasteiger partial charge is 0.349 e. The Labute approximate surface area is 193 Å². The SMILES string of the molecule is CCC(CCCCCCc1nc2ccccc2[nH]1)C(=O)NCC(=O)NCc1ncccc1F. The van der Waals surface area contributed by atoms with Gasteiger partial charge in [0.15, 0.2) is 0 Å². The first-order valence-corrected chi connectivity index (χ1v) is 11.6. The van der Waals surface area contributed by atoms with Crippen molar-refractivity contribution < 1.29 is 14.0 Å². The van der Waals surface area contributed by atoms with E-state index in [-0.39, 0.29) is 36.5 Å². The quantitative estimate of drug-likeness (QED) is 0.340. The van der Waals surface area contributed by atoms with Crippen LogP contribution < -0.4 is 10.6 Å². The normalized spacial score (nSPS) is 11.9. The number of amides is 2. The predicted molar refractivity (Wildman–Crippen MR) is 126 cm³/mol. The van der Waals surface area contributed by atoms with Gasteiger partial charge in [-0.1, -0.05) is 38.3 Å². The molecule has 2 amide bonds. The number of aryl methyl sites for hydroxylation is 1. The number of unbranched alkanes of at least 4 members (excludes halogenated alkanes) is 3. The Kier molecular flexibility index (Phi) is 9.35. The topological polar surface area (TPSA) is 99.8 Å². The molecule has 1 aromatic carbocycles. The van der Waals surface area contributed by atoms with Gasteiger partial charge in [0.1, 0.15) is 11.6 Å². The van der Waals surface area contributed by atoms with E-state index in [1.807, 2.05) is 31.2 Å². The molecular formula is C25H32FN5O2. The van der Waals surface area contributed by atoms with Crippen molar-refractivity contribution in [3.05, 3.63) is 59.9 Å². The number of nitrogens with one attached hydrogen (secondary N) is 3. The zero-order valence-electron chi connectivity index (χ0n) is 19.1. The highest BCUT2D eigenvalue weighted by Gasteiger charge is 2.17. The van der Waals surface area contributed by atoms with Gasteiger partial charge in [-0.25, -0.2) is 9.37 Å². The molecule has 1 unspecified atom stereocenters. The van der Waals surface area contributed by atoms with Gasteiger partial charge in [0, 0.05) is 18.5 Å². The number of aromatic amines is 1. The number of H-pyrrole nitrogens is 1. The number of carbonyl (C=O) groups excluding carboxylic acids is 2. The van der Waals surface area contributed by atoms with Crippen LogP contribution in [0.3, 0.4) is 0 Å². The molecule has 2 aromatic heterocycles. The van der Waals surface area contributed by atoms with Gasteiger partial charge >= 0.3 is 0 Å². The smallest absolute Gasteiger partial charge is 0.239 e. The van der Waals surface area contributed by atoms with Crippen LogP contribution >= 0.6 is 0 Å². The maximum atomic E-state index is 13.5. The van der Waals surface area contributed by atoms with E-state index >= 15 is 0 Å². The number of halogens is 1. The lowest BCUT2D eigenvalue weighted by Crippen LogP contribution is -2.39. The summed E-state index contributed by atoms with van der Waals surface area (Å²) < 4.78 is 13.5. The zero-order valence-corrected chi connectivity index (χ0v) is 19.1. The van der Waals surface area contributed by atoms with E-state index in [1.165, 1.54) is 18.3 Å². The van der Waals surface area contributed by atoms with Crippen LogP contribution in [0.4, 0.5) is 4.39 Å². The average Bonchev–Trinajstić information content (AvgIpc) is 3.24. The van der Waals surface area contributed by atoms with E-state index in [2.05, 4.69) is 25.6 Å². The van der Waals surface area contributed by atoms with Crippen LogP contribution in [0.2, 0.25) is 0 Å². The van der Waals surface area contributed by atoms with Gasteiger partial charge in [0.05, 0.1) is 29.8 Å². The molecule has 8 heteroatoms. The molecule has 3 aromatic rings. The van der Waals surface area contributed by atoms with Crippen molar-refractivity contribution in [2.45, 2.75) is 58.4 Å². The summed E-state index contributed by atoms with van der Waals surface area (Å²) in [4.78, 5) is 36.2. The van der Waals surface area contributed by atoms with Crippen molar-refractivity contribution in [2.75, 3.05) is 6.54 Å². The zero-order chi connectivity index (χ0) is 23.5. The third kappa shape index (κ3) is 7.66. The molecule has 176 valence electrons. The number of imidazole rings is 1. The molecule has 2 heterocycles. The summed E-state index contributed by atoms with van der Waals surface area (Å²) in [6.07, 6.45) is 8.08. The van der Waals surface area contributed by atoms with E-state index in [1.54, 1.807) is 0 Å². The summed E-state index contributed by atoms with van der Waals surface area (Å²) in [6, 6.07) is 10.8. The lowest BCUT2D eigenvalue weighted by molar-refractivity contribution is -0.128. The number of hydrogen-bond donors (Lipinski definition) is 3. The number of rotatable bonds is 13. The molecule has 0 radical (unpaired) electrons. The first kappa shape index (κ1) is 24.4. The Balaban J connectivity index is 1.28. The maximum absolute atomic E-state index is 13.5. The van der Waals surface area contributed by atoms with Gasteiger partial charge in [-0.05, 0) is 43.5 Å². The van der Waals surface area contributed by atoms with Gasteiger partial charge in [-0.3, -0.25) is 14.6 Å². The Morgan fingerprint density at radius 2 is 1.88 bits per heavy atom. The number of pyridine rings is 1. The molecule has 1 atom stereocenters. The first-order valence-electron chi connectivity index (χ1n) is 11.6. The third-order valence-corrected chi connectivity index (χ3v) is 5.73. The summed E-state index contributed by atoms with van der Waals surface area (Å²) in [6.45, 7) is 1.85. The second-order valence-corrected chi connectivity index (χ2v) is 8.19. The molecule has 3 rings (SSSR count). The fourth-order valence-electron chi connectivity index (χ4n) is 3.79. The lowest BCUT2D eigenvalue weighted by Gasteiger charge is -2.15. The Hall–Kier alpha value is -3.29. The number of hydrogen-bond acceptors (Lipinski definition) is 4. The molecule has 3 N–H and O–H groups in total. The van der Waals surface area contributed by atoms with Crippen LogP contribution in [-0.4, -0.2) is 33.3 Å². The monoisotopic (exact) mass is 453 g/mol. The second-order valence-electron chi connectivity index (χ2n) is 8.19. The van der Waals surface area contributed by atoms with Gasteiger partial charge in [-0.2, -0.15) is 0 Å². The van der Waals surface area contributed by atoms with Crippen molar-refractivity contribution in [1.29, 1.82) is 0 Å². The number of fused-ring (bicyclic) bond motifs is 1. The van der Waals surface area contributed by atoms with E-state index in [4.69, 9.17) is 0 Å². The lowest BCUT2D eigenvalue weighted by atomic mass is 9.97. The molecule has 0 saturated heterocycles. The fraction of sp³-hybridized carbons (Fsp3) is 0.440. The van der Waals surface area contributed by atoms with E-state index < -0.39 is 5.82 Å². The van der Waals surface area contributed by atoms with Crippen LogP contribution in [0.1, 0.15) is 57.0 Å². The molecule has 0 fully saturated rings. The minimum Gasteiger partial charge on any atom is -0.349 e. The summed E-state index contributed by atoms with van der Waals surface area (Å²) in [5, 5.41) is 5.27. The van der Waals surface area contributed by atoms with Crippen LogP contribution in [0.5, 0.6) is 0 Å². The molecule has 0 saturated carbocycles. The van der Waals surface area contributed by atoms with Crippen LogP contribution in [-0.2, 0) is 22.6 Å². The van der Waals surface area contributed by atoms with Crippen molar-refractivity contribution in [3.63, 3.8) is 0 Å². The van der Waals surface area contributed by atoms with Gasteiger partial charge in [0.25, 0.3) is 0 Å². The highest BCUT2D eigenvalue weighted by atomic mass is 19.1. The van der Waals surface area contributed by atoms with Crippen molar-refractivity contribution in [1.82, 2.24) is 25.6 Å². The van der Waals surface area contributed by atoms with Gasteiger partial charge in [-0.15, -0.1) is 0 Å². The van der Waals surface area contributed by atoms with Crippen molar-refractivity contribution in [2.24, 2.45) is 5.92 Å². The number of carbonyl (C=O) groups is 2. The minimum atomic E-state index is -0.467. The molecule has 0 aliphatic heterocycles. The van der Waals surface area contributed by atoms with Crippen LogP contribution in [0.25, 0.3) is 11.0 Å². The minimum absolute atomic E-state index is 0.00733. The Morgan fingerprint density at radius 3 is 2.67 bits per heavy atom. The standard InChI is InChI=1S/C25H32FN5O2/c1-2-18(25(33)29-17-24(32)28-16-22-19(26)11-9-15-27-22)10-5-3-4-6-14-23-30-20-12-7-8-13-21(20)31-23/h7-9,11-13,15,18H,2-6,10,14,16-17H2,1H3,(H,28,32)(H,29,33)(H,30,31). The molecule has 0 aliphatic carbocycles. The van der Waals surface area contributed by atoms with E-state index in [0.29, 0.717) is 0 Å². The van der Waals surface area contributed by atoms with Crippen LogP contribution in [0.15, 0.2) is 42.6 Å². The van der Waals surface area contributed by atoms with Gasteiger partial charge in [0.2, 0.25) is 11.8 Å². The molecule has 0 spiro atoms.